The Bertz CT molecular complexity index is 2220. The predicted octanol–water partition coefficient (Wildman–Crippen LogP) is 8.88. The molecule has 0 aliphatic heterocycles. The number of nitrogens with one attached hydrogen (secondary N) is 4. The number of ether oxygens (including phenoxy) is 2. The van der Waals surface area contributed by atoms with Crippen molar-refractivity contribution in [1.29, 1.82) is 5.41 Å². The molecular formula is C40H34FN5O2S. The fraction of sp³-hybridized carbons (Fsp3) is 0.125. The van der Waals surface area contributed by atoms with Crippen LogP contribution in [0.15, 0.2) is 109 Å². The predicted molar refractivity (Wildman–Crippen MR) is 199 cm³/mol. The molecule has 0 bridgehead atoms. The lowest BCUT2D eigenvalue weighted by Gasteiger charge is -2.19. The van der Waals surface area contributed by atoms with Crippen molar-refractivity contribution in [1.82, 2.24) is 10.3 Å². The molecule has 0 saturated carbocycles. The van der Waals surface area contributed by atoms with Crippen LogP contribution >= 0.6 is 12.2 Å². The van der Waals surface area contributed by atoms with E-state index in [0.29, 0.717) is 38.8 Å². The number of hydrogen-bond donors (Lipinski definition) is 4. The van der Waals surface area contributed by atoms with E-state index in [9.17, 15) is 0 Å². The van der Waals surface area contributed by atoms with Crippen molar-refractivity contribution in [3.63, 3.8) is 0 Å². The molecule has 0 saturated heterocycles. The van der Waals surface area contributed by atoms with E-state index in [1.165, 1.54) is 46.6 Å². The minimum absolute atomic E-state index is 0.0415. The zero-order valence-corrected chi connectivity index (χ0v) is 27.9. The molecule has 1 aliphatic carbocycles. The van der Waals surface area contributed by atoms with Gasteiger partial charge in [-0.25, -0.2) is 4.39 Å². The number of amidine groups is 1. The minimum Gasteiger partial charge on any atom is -0.496 e. The number of benzene rings is 5. The molecule has 0 spiro atoms. The van der Waals surface area contributed by atoms with E-state index in [1.54, 1.807) is 43.6 Å². The molecule has 0 radical (unpaired) electrons. The lowest BCUT2D eigenvalue weighted by molar-refractivity contribution is 0.414. The number of nitrogens with zero attached hydrogens (tertiary/aromatic N) is 1. The van der Waals surface area contributed by atoms with Crippen LogP contribution in [0.2, 0.25) is 0 Å². The maximum atomic E-state index is 15.5. The van der Waals surface area contributed by atoms with E-state index >= 15 is 4.39 Å². The number of hydrogen-bond acceptors (Lipinski definition) is 5. The summed E-state index contributed by atoms with van der Waals surface area (Å²) in [5.41, 5.74) is 9.99. The van der Waals surface area contributed by atoms with Crippen molar-refractivity contribution in [2.24, 2.45) is 0 Å². The number of methoxy groups -OCH3 is 1. The topological polar surface area (TPSA) is 91.3 Å². The zero-order valence-electron chi connectivity index (χ0n) is 27.1. The van der Waals surface area contributed by atoms with Crippen molar-refractivity contribution in [2.45, 2.75) is 19.3 Å². The smallest absolute Gasteiger partial charge is 0.175 e. The van der Waals surface area contributed by atoms with Crippen molar-refractivity contribution < 1.29 is 13.9 Å². The van der Waals surface area contributed by atoms with Crippen LogP contribution in [0.5, 0.6) is 17.2 Å². The molecule has 0 atom stereocenters. The molecule has 0 amide bonds. The second-order valence-electron chi connectivity index (χ2n) is 11.8. The Morgan fingerprint density at radius 2 is 1.67 bits per heavy atom. The maximum absolute atomic E-state index is 15.5. The summed E-state index contributed by atoms with van der Waals surface area (Å²) in [6, 6.07) is 33.1. The third-order valence-electron chi connectivity index (χ3n) is 8.79. The molecule has 5 aromatic carbocycles. The first-order valence-corrected chi connectivity index (χ1v) is 16.4. The van der Waals surface area contributed by atoms with Crippen LogP contribution in [-0.2, 0) is 19.3 Å². The summed E-state index contributed by atoms with van der Waals surface area (Å²) in [5.74, 6) is 0.550. The Morgan fingerprint density at radius 1 is 0.857 bits per heavy atom. The number of pyridine rings is 1. The Balaban J connectivity index is 1.12. The van der Waals surface area contributed by atoms with Crippen LogP contribution in [0, 0.1) is 11.2 Å². The first-order valence-electron chi connectivity index (χ1n) is 16.0. The summed E-state index contributed by atoms with van der Waals surface area (Å²) in [4.78, 5) is 4.41. The van der Waals surface area contributed by atoms with E-state index in [4.69, 9.17) is 27.1 Å². The highest BCUT2D eigenvalue weighted by Gasteiger charge is 2.23. The Hall–Kier alpha value is -5.80. The lowest BCUT2D eigenvalue weighted by atomic mass is 9.96. The fourth-order valence-corrected chi connectivity index (χ4v) is 6.56. The van der Waals surface area contributed by atoms with E-state index < -0.39 is 5.82 Å². The van der Waals surface area contributed by atoms with E-state index in [1.807, 2.05) is 6.07 Å². The second kappa shape index (κ2) is 13.7. The molecular weight excluding hydrogens is 634 g/mol. The highest BCUT2D eigenvalue weighted by atomic mass is 32.1. The minimum atomic E-state index is -0.561. The standard InChI is InChI=1S/C40H34FN5O2S/c1-43-39(42)32-22-31-34(23-37(32)47-2)44-19-18-35(31)48-36-17-15-27(21-33(36)41)45-40(49)46-38-25(13-12-24-8-4-3-5-9-24)14-16-29-28-11-7-6-10-26(28)20-30(29)38/h3-11,14-19,21-23H,12-13,20H2,1-2H3,(H2,42,43)(H2,45,46,49). The largest absolute Gasteiger partial charge is 0.496 e. The van der Waals surface area contributed by atoms with Crippen LogP contribution in [0.1, 0.15) is 27.8 Å². The van der Waals surface area contributed by atoms with Crippen molar-refractivity contribution in [3.05, 3.63) is 143 Å². The van der Waals surface area contributed by atoms with Gasteiger partial charge in [-0.05, 0) is 82.7 Å². The molecule has 9 heteroatoms. The van der Waals surface area contributed by atoms with Crippen molar-refractivity contribution in [2.75, 3.05) is 24.8 Å². The summed E-state index contributed by atoms with van der Waals surface area (Å²) in [5, 5.41) is 18.7. The fourth-order valence-electron chi connectivity index (χ4n) is 6.34. The van der Waals surface area contributed by atoms with Gasteiger partial charge in [-0.15, -0.1) is 0 Å². The van der Waals surface area contributed by atoms with Gasteiger partial charge < -0.3 is 25.4 Å². The number of halogens is 1. The third-order valence-corrected chi connectivity index (χ3v) is 8.99. The Kier molecular flexibility index (Phi) is 8.91. The van der Waals surface area contributed by atoms with Gasteiger partial charge in [-0.3, -0.25) is 10.4 Å². The molecule has 1 aliphatic rings. The molecule has 49 heavy (non-hydrogen) atoms. The molecule has 4 N–H and O–H groups in total. The second-order valence-corrected chi connectivity index (χ2v) is 12.2. The van der Waals surface area contributed by atoms with Crippen LogP contribution in [0.4, 0.5) is 15.8 Å². The number of fused-ring (bicyclic) bond motifs is 4. The Morgan fingerprint density at radius 3 is 2.47 bits per heavy atom. The number of aromatic nitrogens is 1. The van der Waals surface area contributed by atoms with E-state index in [2.05, 4.69) is 81.6 Å². The third kappa shape index (κ3) is 6.53. The molecule has 0 fully saturated rings. The highest BCUT2D eigenvalue weighted by molar-refractivity contribution is 7.80. The van der Waals surface area contributed by atoms with Gasteiger partial charge in [0.1, 0.15) is 17.3 Å². The highest BCUT2D eigenvalue weighted by Crippen LogP contribution is 2.42. The summed E-state index contributed by atoms with van der Waals surface area (Å²) in [6.45, 7) is 0. The van der Waals surface area contributed by atoms with E-state index in [-0.39, 0.29) is 11.6 Å². The normalized spacial score (nSPS) is 11.4. The first kappa shape index (κ1) is 31.8. The summed E-state index contributed by atoms with van der Waals surface area (Å²) in [6.07, 6.45) is 4.14. The lowest BCUT2D eigenvalue weighted by Crippen LogP contribution is -2.21. The van der Waals surface area contributed by atoms with Gasteiger partial charge in [0.2, 0.25) is 0 Å². The van der Waals surface area contributed by atoms with Gasteiger partial charge >= 0.3 is 0 Å². The van der Waals surface area contributed by atoms with Gasteiger partial charge in [0, 0.05) is 48.6 Å². The average molecular weight is 668 g/mol. The summed E-state index contributed by atoms with van der Waals surface area (Å²) < 4.78 is 27.1. The molecule has 0 unspecified atom stereocenters. The summed E-state index contributed by atoms with van der Waals surface area (Å²) in [7, 11) is 3.20. The summed E-state index contributed by atoms with van der Waals surface area (Å²) >= 11 is 5.79. The van der Waals surface area contributed by atoms with Crippen LogP contribution < -0.4 is 25.4 Å². The Labute approximate surface area is 289 Å². The molecule has 7 rings (SSSR count). The molecule has 1 heterocycles. The monoisotopic (exact) mass is 667 g/mol. The van der Waals surface area contributed by atoms with Gasteiger partial charge in [-0.1, -0.05) is 66.7 Å². The number of thiocarbonyl (C=S) groups is 1. The molecule has 7 nitrogen and oxygen atoms in total. The molecule has 6 aromatic rings. The maximum Gasteiger partial charge on any atom is 0.175 e. The SMILES string of the molecule is CNC(=N)c1cc2c(Oc3ccc(NC(=S)Nc4c(CCc5ccccc5)ccc5c4Cc4ccccc4-5)cc3F)ccnc2cc1OC. The average Bonchev–Trinajstić information content (AvgIpc) is 3.51. The number of anilines is 2. The van der Waals surface area contributed by atoms with Crippen LogP contribution in [0.25, 0.3) is 22.0 Å². The first-order chi connectivity index (χ1) is 23.9. The van der Waals surface area contributed by atoms with Gasteiger partial charge in [0.05, 0.1) is 18.2 Å². The quantitative estimate of drug-likeness (QED) is 0.0695. The van der Waals surface area contributed by atoms with Crippen LogP contribution in [-0.4, -0.2) is 30.1 Å². The number of aryl methyl sites for hydroxylation is 2. The van der Waals surface area contributed by atoms with Gasteiger partial charge in [-0.2, -0.15) is 0 Å². The molecule has 244 valence electrons. The number of rotatable bonds is 9. The van der Waals surface area contributed by atoms with E-state index in [0.717, 1.165) is 24.9 Å². The van der Waals surface area contributed by atoms with Crippen molar-refractivity contribution >= 4 is 45.4 Å². The van der Waals surface area contributed by atoms with Crippen molar-refractivity contribution in [3.8, 4) is 28.4 Å². The zero-order chi connectivity index (χ0) is 33.9. The van der Waals surface area contributed by atoms with Gasteiger partial charge in [0.25, 0.3) is 0 Å². The van der Waals surface area contributed by atoms with Crippen LogP contribution in [0.3, 0.4) is 0 Å². The molecule has 1 aromatic heterocycles. The van der Waals surface area contributed by atoms with Gasteiger partial charge in [0.15, 0.2) is 16.7 Å².